The van der Waals surface area contributed by atoms with Crippen molar-refractivity contribution in [2.24, 2.45) is 10.8 Å². The van der Waals surface area contributed by atoms with Crippen LogP contribution < -0.4 is 5.84 Å². The zero-order valence-corrected chi connectivity index (χ0v) is 13.3. The molecule has 1 aromatic carbocycles. The van der Waals surface area contributed by atoms with Gasteiger partial charge in [0.05, 0.1) is 19.2 Å². The van der Waals surface area contributed by atoms with Crippen molar-refractivity contribution in [2.45, 2.75) is 33.2 Å². The van der Waals surface area contributed by atoms with Gasteiger partial charge in [0.1, 0.15) is 6.04 Å². The Bertz CT molecular complexity index is 659. The van der Waals surface area contributed by atoms with E-state index in [9.17, 15) is 9.59 Å². The van der Waals surface area contributed by atoms with Crippen LogP contribution in [-0.2, 0) is 0 Å². The molecule has 0 amide bonds. The van der Waals surface area contributed by atoms with Crippen LogP contribution in [0.1, 0.15) is 47.9 Å². The molecule has 1 aliphatic heterocycles. The van der Waals surface area contributed by atoms with Crippen LogP contribution in [-0.4, -0.2) is 46.4 Å². The number of amidine groups is 1. The number of Topliss-reactive ketones (excluding diaryl/α,β-unsaturated/α-hetero) is 2. The maximum atomic E-state index is 11.6. The van der Waals surface area contributed by atoms with Crippen LogP contribution in [0, 0.1) is 0 Å². The molecule has 2 N–H and O–H groups in total. The van der Waals surface area contributed by atoms with E-state index in [1.165, 1.54) is 18.9 Å². The van der Waals surface area contributed by atoms with Crippen molar-refractivity contribution < 1.29 is 14.2 Å². The third-order valence-electron chi connectivity index (χ3n) is 3.77. The fourth-order valence-electron chi connectivity index (χ4n) is 2.22. The van der Waals surface area contributed by atoms with Crippen molar-refractivity contribution in [1.82, 2.24) is 5.01 Å². The predicted molar refractivity (Wildman–Crippen MR) is 85.9 cm³/mol. The van der Waals surface area contributed by atoms with E-state index >= 15 is 0 Å². The first-order chi connectivity index (χ1) is 10.3. The second kappa shape index (κ2) is 6.19. The van der Waals surface area contributed by atoms with Gasteiger partial charge >= 0.3 is 0 Å². The van der Waals surface area contributed by atoms with Crippen molar-refractivity contribution in [1.29, 1.82) is 0 Å². The van der Waals surface area contributed by atoms with Crippen molar-refractivity contribution >= 4 is 29.4 Å². The van der Waals surface area contributed by atoms with Crippen LogP contribution in [0.5, 0.6) is 0 Å². The molecule has 116 valence electrons. The zero-order valence-electron chi connectivity index (χ0n) is 13.3. The van der Waals surface area contributed by atoms with Gasteiger partial charge in [-0.3, -0.25) is 14.2 Å². The smallest absolute Gasteiger partial charge is 0.258 e. The zero-order chi connectivity index (χ0) is 16.4. The summed E-state index contributed by atoms with van der Waals surface area (Å²) in [7, 11) is 1.95. The standard InChI is InChI=1S/C16H21N4O2/c1-10-5-16(20(17)9-19(10)4)18-15-7-13(11(2)21)6-14(8-15)12(3)22/h6-10H,5,17H2,1-4H3/q+1. The van der Waals surface area contributed by atoms with Gasteiger partial charge in [0, 0.05) is 11.1 Å². The summed E-state index contributed by atoms with van der Waals surface area (Å²) in [5.41, 5.74) is 1.51. The highest BCUT2D eigenvalue weighted by atomic mass is 16.1. The lowest BCUT2D eigenvalue weighted by atomic mass is 10.0. The van der Waals surface area contributed by atoms with Gasteiger partial charge in [-0.2, -0.15) is 5.84 Å². The number of carbonyl (C=O) groups excluding carboxylic acids is 2. The minimum absolute atomic E-state index is 0.0996. The molecule has 2 rings (SSSR count). The van der Waals surface area contributed by atoms with Crippen LogP contribution in [0.3, 0.4) is 0 Å². The molecular formula is C16H21N4O2+. The van der Waals surface area contributed by atoms with Gasteiger partial charge in [0.15, 0.2) is 11.6 Å². The SMILES string of the molecule is CC(=O)c1cc(N=C2CC(C)[N+](C)=CN2N)cc(C(C)=O)c1. The summed E-state index contributed by atoms with van der Waals surface area (Å²) in [5.74, 6) is 6.44. The summed E-state index contributed by atoms with van der Waals surface area (Å²) in [5, 5.41) is 1.47. The van der Waals surface area contributed by atoms with E-state index in [4.69, 9.17) is 5.84 Å². The maximum Gasteiger partial charge on any atom is 0.258 e. The molecule has 1 aliphatic rings. The summed E-state index contributed by atoms with van der Waals surface area (Å²) in [4.78, 5) is 27.8. The number of hydrogen-bond acceptors (Lipinski definition) is 4. The quantitative estimate of drug-likeness (QED) is 0.524. The number of hydrazine groups is 1. The number of hydrogen-bond donors (Lipinski definition) is 1. The molecule has 1 atom stereocenters. The van der Waals surface area contributed by atoms with Gasteiger partial charge in [-0.25, -0.2) is 4.99 Å². The van der Waals surface area contributed by atoms with E-state index in [1.54, 1.807) is 24.5 Å². The lowest BCUT2D eigenvalue weighted by molar-refractivity contribution is -0.534. The summed E-state index contributed by atoms with van der Waals surface area (Å²) in [6.07, 6.45) is 2.46. The molecule has 0 radical (unpaired) electrons. The van der Waals surface area contributed by atoms with Gasteiger partial charge in [0.25, 0.3) is 6.34 Å². The Morgan fingerprint density at radius 3 is 2.27 bits per heavy atom. The van der Waals surface area contributed by atoms with Gasteiger partial charge in [-0.15, -0.1) is 5.01 Å². The predicted octanol–water partition coefficient (Wildman–Crippen LogP) is 1.76. The first-order valence-electron chi connectivity index (χ1n) is 7.13. The average molecular weight is 301 g/mol. The van der Waals surface area contributed by atoms with Gasteiger partial charge in [-0.05, 0) is 39.0 Å². The van der Waals surface area contributed by atoms with Crippen LogP contribution in [0.2, 0.25) is 0 Å². The highest BCUT2D eigenvalue weighted by Crippen LogP contribution is 2.21. The van der Waals surface area contributed by atoms with Crippen LogP contribution in [0.25, 0.3) is 0 Å². The van der Waals surface area contributed by atoms with Crippen LogP contribution >= 0.6 is 0 Å². The molecule has 1 heterocycles. The number of nitrogens with two attached hydrogens (primary N) is 1. The summed E-state index contributed by atoms with van der Waals surface area (Å²) < 4.78 is 2.01. The number of ketones is 2. The van der Waals surface area contributed by atoms with Crippen molar-refractivity contribution in [3.8, 4) is 0 Å². The molecule has 0 saturated heterocycles. The van der Waals surface area contributed by atoms with Crippen molar-refractivity contribution in [3.63, 3.8) is 0 Å². The Balaban J connectivity index is 2.46. The molecule has 6 heteroatoms. The maximum absolute atomic E-state index is 11.6. The molecule has 0 aromatic heterocycles. The van der Waals surface area contributed by atoms with Gasteiger partial charge in [0.2, 0.25) is 5.84 Å². The fourth-order valence-corrected chi connectivity index (χ4v) is 2.22. The van der Waals surface area contributed by atoms with E-state index in [-0.39, 0.29) is 17.6 Å². The minimum atomic E-state index is -0.0996. The molecule has 22 heavy (non-hydrogen) atoms. The van der Waals surface area contributed by atoms with E-state index < -0.39 is 0 Å². The Morgan fingerprint density at radius 1 is 1.23 bits per heavy atom. The normalized spacial score (nSPS) is 20.0. The first-order valence-corrected chi connectivity index (χ1v) is 7.13. The van der Waals surface area contributed by atoms with E-state index in [0.717, 1.165) is 0 Å². The highest BCUT2D eigenvalue weighted by Gasteiger charge is 2.25. The molecule has 1 aromatic rings. The van der Waals surface area contributed by atoms with E-state index in [1.807, 2.05) is 11.6 Å². The molecule has 0 spiro atoms. The molecule has 1 unspecified atom stereocenters. The largest absolute Gasteiger partial charge is 0.295 e. The number of benzene rings is 1. The number of rotatable bonds is 3. The summed E-state index contributed by atoms with van der Waals surface area (Å²) in [6.45, 7) is 5.01. The third-order valence-corrected chi connectivity index (χ3v) is 3.77. The Kier molecular flexibility index (Phi) is 4.51. The Hall–Kier alpha value is -2.34. The average Bonchev–Trinajstić information content (AvgIpc) is 2.44. The lowest BCUT2D eigenvalue weighted by Gasteiger charge is -2.20. The number of aliphatic imine (C=N–C) groups is 1. The summed E-state index contributed by atoms with van der Waals surface area (Å²) in [6, 6.07) is 5.23. The Labute approximate surface area is 129 Å². The highest BCUT2D eigenvalue weighted by molar-refractivity contribution is 6.01. The second-order valence-corrected chi connectivity index (χ2v) is 5.65. The molecule has 0 bridgehead atoms. The molecule has 0 fully saturated rings. The topological polar surface area (TPSA) is 78.8 Å². The van der Waals surface area contributed by atoms with Crippen molar-refractivity contribution in [2.75, 3.05) is 7.05 Å². The van der Waals surface area contributed by atoms with Gasteiger partial charge < -0.3 is 0 Å². The van der Waals surface area contributed by atoms with E-state index in [0.29, 0.717) is 29.1 Å². The minimum Gasteiger partial charge on any atom is -0.295 e. The molecule has 6 nitrogen and oxygen atoms in total. The fraction of sp³-hybridized carbons (Fsp3) is 0.375. The molecule has 0 saturated carbocycles. The van der Waals surface area contributed by atoms with Crippen LogP contribution in [0.4, 0.5) is 5.69 Å². The first kappa shape index (κ1) is 16.0. The summed E-state index contributed by atoms with van der Waals surface area (Å²) >= 11 is 0. The molecular weight excluding hydrogens is 280 g/mol. The Morgan fingerprint density at radius 2 is 1.77 bits per heavy atom. The monoisotopic (exact) mass is 301 g/mol. The van der Waals surface area contributed by atoms with Crippen LogP contribution in [0.15, 0.2) is 23.2 Å². The second-order valence-electron chi connectivity index (χ2n) is 5.65. The van der Waals surface area contributed by atoms with Gasteiger partial charge in [-0.1, -0.05) is 0 Å². The van der Waals surface area contributed by atoms with Crippen molar-refractivity contribution in [3.05, 3.63) is 29.3 Å². The third kappa shape index (κ3) is 3.46. The lowest BCUT2D eigenvalue weighted by Crippen LogP contribution is -2.47. The molecule has 0 aliphatic carbocycles. The number of nitrogens with zero attached hydrogens (tertiary/aromatic N) is 3. The number of carbonyl (C=O) groups is 2. The van der Waals surface area contributed by atoms with E-state index in [2.05, 4.69) is 11.9 Å².